The van der Waals surface area contributed by atoms with Gasteiger partial charge in [0.1, 0.15) is 11.4 Å². The normalized spacial score (nSPS) is 24.9. The lowest BCUT2D eigenvalue weighted by atomic mass is 10.2. The number of nitrogens with zero attached hydrogens (tertiary/aromatic N) is 4. The summed E-state index contributed by atoms with van der Waals surface area (Å²) in [6.07, 6.45) is 1.84. The molecular weight excluding hydrogens is 333 g/mol. The maximum Gasteiger partial charge on any atom is 0.421 e. The smallest absolute Gasteiger partial charge is 0.372 e. The van der Waals surface area contributed by atoms with Crippen molar-refractivity contribution >= 4 is 17.5 Å². The van der Waals surface area contributed by atoms with Gasteiger partial charge in [-0.15, -0.1) is 0 Å². The van der Waals surface area contributed by atoms with E-state index in [0.29, 0.717) is 11.7 Å². The van der Waals surface area contributed by atoms with Crippen molar-refractivity contribution < 1.29 is 13.2 Å². The average molecular weight is 352 g/mol. The number of aryl methyl sites for hydroxylation is 1. The van der Waals surface area contributed by atoms with Crippen LogP contribution in [-0.4, -0.2) is 26.8 Å². The van der Waals surface area contributed by atoms with Crippen LogP contribution in [0.3, 0.4) is 0 Å². The summed E-state index contributed by atoms with van der Waals surface area (Å²) < 4.78 is 40.7. The van der Waals surface area contributed by atoms with E-state index in [1.807, 2.05) is 17.8 Å². The molecule has 2 aliphatic rings. The number of anilines is 3. The zero-order valence-corrected chi connectivity index (χ0v) is 13.9. The van der Waals surface area contributed by atoms with E-state index >= 15 is 0 Å². The van der Waals surface area contributed by atoms with E-state index in [4.69, 9.17) is 0 Å². The number of aromatic nitrogens is 4. The molecule has 2 aliphatic carbocycles. The SMILES string of the molecule is CNc1nc(Nc2cn(C3C[C@@H]4C[C@@H]4C3)nc2C)ncc1C(F)(F)F. The molecule has 2 N–H and O–H groups in total. The molecule has 3 atom stereocenters. The predicted octanol–water partition coefficient (Wildman–Crippen LogP) is 3.76. The molecule has 6 nitrogen and oxygen atoms in total. The van der Waals surface area contributed by atoms with Crippen LogP contribution in [0.1, 0.15) is 36.6 Å². The van der Waals surface area contributed by atoms with Crippen LogP contribution in [0.15, 0.2) is 12.4 Å². The summed E-state index contributed by atoms with van der Waals surface area (Å²) in [4.78, 5) is 7.73. The number of fused-ring (bicyclic) bond motifs is 1. The van der Waals surface area contributed by atoms with Crippen LogP contribution in [0.2, 0.25) is 0 Å². The first-order valence-corrected chi connectivity index (χ1v) is 8.30. The number of halogens is 3. The van der Waals surface area contributed by atoms with E-state index in [9.17, 15) is 13.2 Å². The van der Waals surface area contributed by atoms with Gasteiger partial charge in [0.2, 0.25) is 5.95 Å². The van der Waals surface area contributed by atoms with Crippen LogP contribution in [-0.2, 0) is 6.18 Å². The van der Waals surface area contributed by atoms with E-state index in [2.05, 4.69) is 25.7 Å². The summed E-state index contributed by atoms with van der Waals surface area (Å²) in [5.41, 5.74) is 0.593. The summed E-state index contributed by atoms with van der Waals surface area (Å²) in [6, 6.07) is 0.416. The lowest BCUT2D eigenvalue weighted by molar-refractivity contribution is -0.137. The summed E-state index contributed by atoms with van der Waals surface area (Å²) >= 11 is 0. The van der Waals surface area contributed by atoms with Crippen LogP contribution in [0.4, 0.5) is 30.6 Å². The third-order valence-corrected chi connectivity index (χ3v) is 5.09. The molecule has 2 heterocycles. The zero-order valence-electron chi connectivity index (χ0n) is 13.9. The molecule has 0 aliphatic heterocycles. The maximum atomic E-state index is 12.9. The van der Waals surface area contributed by atoms with Crippen molar-refractivity contribution in [3.63, 3.8) is 0 Å². The van der Waals surface area contributed by atoms with Crippen LogP contribution < -0.4 is 10.6 Å². The van der Waals surface area contributed by atoms with E-state index in [0.717, 1.165) is 36.6 Å². The topological polar surface area (TPSA) is 67.7 Å². The molecule has 9 heteroatoms. The molecule has 0 aromatic carbocycles. The summed E-state index contributed by atoms with van der Waals surface area (Å²) in [7, 11) is 1.40. The number of hydrogen-bond acceptors (Lipinski definition) is 5. The largest absolute Gasteiger partial charge is 0.421 e. The third kappa shape index (κ3) is 3.03. The van der Waals surface area contributed by atoms with Crippen molar-refractivity contribution in [2.45, 2.75) is 38.4 Å². The van der Waals surface area contributed by atoms with E-state index in [-0.39, 0.29) is 11.8 Å². The Balaban J connectivity index is 1.55. The Labute approximate surface area is 142 Å². The second-order valence-corrected chi connectivity index (χ2v) is 6.82. The lowest BCUT2D eigenvalue weighted by Crippen LogP contribution is -2.12. The molecule has 0 radical (unpaired) electrons. The van der Waals surface area contributed by atoms with Crippen molar-refractivity contribution in [1.29, 1.82) is 0 Å². The monoisotopic (exact) mass is 352 g/mol. The van der Waals surface area contributed by atoms with E-state index < -0.39 is 11.7 Å². The van der Waals surface area contributed by atoms with Gasteiger partial charge in [-0.3, -0.25) is 4.68 Å². The minimum atomic E-state index is -4.50. The van der Waals surface area contributed by atoms with Crippen molar-refractivity contribution in [2.24, 2.45) is 11.8 Å². The molecule has 4 rings (SSSR count). The first kappa shape index (κ1) is 16.2. The van der Waals surface area contributed by atoms with Crippen LogP contribution >= 0.6 is 0 Å². The molecule has 0 bridgehead atoms. The Hall–Kier alpha value is -2.32. The number of hydrogen-bond donors (Lipinski definition) is 2. The summed E-state index contributed by atoms with van der Waals surface area (Å²) in [6.45, 7) is 1.86. The third-order valence-electron chi connectivity index (χ3n) is 5.09. The van der Waals surface area contributed by atoms with E-state index in [1.165, 1.54) is 13.5 Å². The molecule has 2 aromatic heterocycles. The summed E-state index contributed by atoms with van der Waals surface area (Å²) in [5.74, 6) is 1.55. The van der Waals surface area contributed by atoms with Gasteiger partial charge in [-0.2, -0.15) is 23.3 Å². The van der Waals surface area contributed by atoms with Gasteiger partial charge in [-0.1, -0.05) is 0 Å². The zero-order chi connectivity index (χ0) is 17.8. The van der Waals surface area contributed by atoms with Crippen molar-refractivity contribution in [2.75, 3.05) is 17.7 Å². The first-order chi connectivity index (χ1) is 11.8. The van der Waals surface area contributed by atoms with Gasteiger partial charge in [0.05, 0.1) is 17.4 Å². The van der Waals surface area contributed by atoms with E-state index in [1.54, 1.807) is 0 Å². The van der Waals surface area contributed by atoms with Gasteiger partial charge >= 0.3 is 6.18 Å². The minimum Gasteiger partial charge on any atom is -0.372 e. The van der Waals surface area contributed by atoms with Crippen molar-refractivity contribution in [3.8, 4) is 0 Å². The Morgan fingerprint density at radius 1 is 1.20 bits per heavy atom. The highest BCUT2D eigenvalue weighted by molar-refractivity contribution is 5.57. The molecule has 2 aromatic rings. The number of rotatable bonds is 4. The molecule has 134 valence electrons. The standard InChI is InChI=1S/C16H19F3N6/c1-8-13(7-25(24-8)11-4-9-3-10(9)5-11)22-15-21-6-12(16(17,18)19)14(20-2)23-15/h6-7,9-11H,3-5H2,1-2H3,(H2,20,21,22,23)/t9-,10+,11?. The van der Waals surface area contributed by atoms with Gasteiger partial charge < -0.3 is 10.6 Å². The average Bonchev–Trinajstić information content (AvgIpc) is 2.99. The fraction of sp³-hybridized carbons (Fsp3) is 0.562. The molecule has 25 heavy (non-hydrogen) atoms. The number of alkyl halides is 3. The van der Waals surface area contributed by atoms with Gasteiger partial charge in [-0.25, -0.2) is 4.98 Å². The second kappa shape index (κ2) is 5.60. The maximum absolute atomic E-state index is 12.9. The molecule has 0 amide bonds. The molecule has 1 unspecified atom stereocenters. The molecule has 0 saturated heterocycles. The molecule has 2 fully saturated rings. The van der Waals surface area contributed by atoms with Crippen LogP contribution in [0.25, 0.3) is 0 Å². The van der Waals surface area contributed by atoms with Crippen LogP contribution in [0, 0.1) is 18.8 Å². The van der Waals surface area contributed by atoms with Gasteiger partial charge in [-0.05, 0) is 38.0 Å². The predicted molar refractivity (Wildman–Crippen MR) is 86.7 cm³/mol. The Bertz CT molecular complexity index is 790. The number of nitrogens with one attached hydrogen (secondary N) is 2. The molecule has 0 spiro atoms. The minimum absolute atomic E-state index is 0.106. The molecule has 2 saturated carbocycles. The van der Waals surface area contributed by atoms with Crippen molar-refractivity contribution in [1.82, 2.24) is 19.7 Å². The van der Waals surface area contributed by atoms with Crippen LogP contribution in [0.5, 0.6) is 0 Å². The second-order valence-electron chi connectivity index (χ2n) is 6.82. The Morgan fingerprint density at radius 3 is 2.56 bits per heavy atom. The highest BCUT2D eigenvalue weighted by Gasteiger charge is 2.46. The van der Waals surface area contributed by atoms with Gasteiger partial charge in [0.25, 0.3) is 0 Å². The molecular formula is C16H19F3N6. The Morgan fingerprint density at radius 2 is 1.92 bits per heavy atom. The Kier molecular flexibility index (Phi) is 3.62. The van der Waals surface area contributed by atoms with Gasteiger partial charge in [0.15, 0.2) is 0 Å². The van der Waals surface area contributed by atoms with Crippen molar-refractivity contribution in [3.05, 3.63) is 23.7 Å². The quantitative estimate of drug-likeness (QED) is 0.877. The van der Waals surface area contributed by atoms with Gasteiger partial charge in [0, 0.05) is 19.4 Å². The first-order valence-electron chi connectivity index (χ1n) is 8.30. The fourth-order valence-electron chi connectivity index (χ4n) is 3.65. The lowest BCUT2D eigenvalue weighted by Gasteiger charge is -2.13. The highest BCUT2D eigenvalue weighted by Crippen LogP contribution is 2.55. The summed E-state index contributed by atoms with van der Waals surface area (Å²) in [5, 5.41) is 10.00. The fourth-order valence-corrected chi connectivity index (χ4v) is 3.65. The highest BCUT2D eigenvalue weighted by atomic mass is 19.4.